The van der Waals surface area contributed by atoms with E-state index in [0.29, 0.717) is 0 Å². The quantitative estimate of drug-likeness (QED) is 0.176. The summed E-state index contributed by atoms with van der Waals surface area (Å²) in [7, 11) is 0. The maximum absolute atomic E-state index is 5.18. The van der Waals surface area contributed by atoms with Crippen molar-refractivity contribution in [1.82, 2.24) is 4.98 Å². The van der Waals surface area contributed by atoms with Crippen molar-refractivity contribution in [3.8, 4) is 55.9 Å². The molecule has 0 unspecified atom stereocenters. The molecule has 0 saturated carbocycles. The topological polar surface area (TPSA) is 12.9 Å². The number of pyridine rings is 1. The number of aromatic nitrogens is 1. The summed E-state index contributed by atoms with van der Waals surface area (Å²) in [5.41, 5.74) is 17.0. The number of benzene rings is 5. The van der Waals surface area contributed by atoms with E-state index in [1.807, 2.05) is 0 Å². The van der Waals surface area contributed by atoms with Gasteiger partial charge in [0, 0.05) is 11.1 Å². The third-order valence-electron chi connectivity index (χ3n) is 10.2. The number of rotatable bonds is 5. The minimum Gasteiger partial charge on any atom is -0.248 e. The van der Waals surface area contributed by atoms with E-state index in [9.17, 15) is 0 Å². The Labute approximate surface area is 314 Å². The molecule has 0 aliphatic carbocycles. The fourth-order valence-electron chi connectivity index (χ4n) is 6.66. The van der Waals surface area contributed by atoms with Crippen LogP contribution in [0, 0.1) is 0 Å². The SMILES string of the molecule is CC(C)(C)c1cc(-c2cc(-c3cc(-c4ccccc4)nc(-c4ccccc4)c3)cc(C(C)(C)C)c2)cc(-c2cc(C(C)(C)C)cc(C(C)(C)C)c2)c1. The van der Waals surface area contributed by atoms with Crippen LogP contribution in [0.15, 0.2) is 127 Å². The zero-order valence-corrected chi connectivity index (χ0v) is 33.6. The van der Waals surface area contributed by atoms with Gasteiger partial charge in [0.2, 0.25) is 0 Å². The molecule has 0 N–H and O–H groups in total. The molecule has 1 heterocycles. The molecule has 0 radical (unpaired) electrons. The second-order valence-corrected chi connectivity index (χ2v) is 18.8. The van der Waals surface area contributed by atoms with Crippen molar-refractivity contribution in [3.63, 3.8) is 0 Å². The van der Waals surface area contributed by atoms with Crippen LogP contribution in [0.4, 0.5) is 0 Å². The summed E-state index contributed by atoms with van der Waals surface area (Å²) in [6.07, 6.45) is 0. The Kier molecular flexibility index (Phi) is 9.73. The van der Waals surface area contributed by atoms with Crippen LogP contribution in [0.3, 0.4) is 0 Å². The van der Waals surface area contributed by atoms with Gasteiger partial charge in [-0.1, -0.05) is 186 Å². The molecule has 0 aliphatic heterocycles. The second-order valence-electron chi connectivity index (χ2n) is 18.8. The van der Waals surface area contributed by atoms with Crippen LogP contribution in [0.25, 0.3) is 55.9 Å². The average molecular weight is 684 g/mol. The summed E-state index contributed by atoms with van der Waals surface area (Å²) in [5, 5.41) is 0. The largest absolute Gasteiger partial charge is 0.248 e. The Bertz CT molecular complexity index is 2100. The molecule has 5 aromatic carbocycles. The van der Waals surface area contributed by atoms with Crippen molar-refractivity contribution in [2.24, 2.45) is 0 Å². The van der Waals surface area contributed by atoms with Crippen LogP contribution in [0.1, 0.15) is 105 Å². The molecule has 0 bridgehead atoms. The first kappa shape index (κ1) is 37.0. The summed E-state index contributed by atoms with van der Waals surface area (Å²) >= 11 is 0. The molecule has 0 amide bonds. The Balaban J connectivity index is 1.61. The zero-order chi connectivity index (χ0) is 37.6. The minimum atomic E-state index is -0.0462. The highest BCUT2D eigenvalue weighted by Gasteiger charge is 2.24. The third kappa shape index (κ3) is 8.31. The first-order valence-electron chi connectivity index (χ1n) is 18.9. The summed E-state index contributed by atoms with van der Waals surface area (Å²) in [5.74, 6) is 0. The Hall–Kier alpha value is -4.75. The molecule has 0 atom stereocenters. The lowest BCUT2D eigenvalue weighted by Crippen LogP contribution is -2.16. The van der Waals surface area contributed by atoms with Gasteiger partial charge in [-0.2, -0.15) is 0 Å². The van der Waals surface area contributed by atoms with Gasteiger partial charge in [-0.25, -0.2) is 4.98 Å². The molecule has 0 fully saturated rings. The van der Waals surface area contributed by atoms with Gasteiger partial charge in [-0.3, -0.25) is 0 Å². The highest BCUT2D eigenvalue weighted by Crippen LogP contribution is 2.41. The van der Waals surface area contributed by atoms with Gasteiger partial charge in [0.15, 0.2) is 0 Å². The molecule has 266 valence electrons. The van der Waals surface area contributed by atoms with Crippen LogP contribution < -0.4 is 0 Å². The van der Waals surface area contributed by atoms with Crippen LogP contribution in [-0.2, 0) is 21.7 Å². The number of hydrogen-bond donors (Lipinski definition) is 0. The number of hydrogen-bond acceptors (Lipinski definition) is 1. The van der Waals surface area contributed by atoms with E-state index in [2.05, 4.69) is 210 Å². The number of nitrogens with zero attached hydrogens (tertiary/aromatic N) is 1. The summed E-state index contributed by atoms with van der Waals surface area (Å²) < 4.78 is 0. The lowest BCUT2D eigenvalue weighted by Gasteiger charge is -2.27. The normalized spacial score (nSPS) is 12.6. The van der Waals surface area contributed by atoms with Gasteiger partial charge in [0.05, 0.1) is 11.4 Å². The maximum Gasteiger partial charge on any atom is 0.0715 e. The lowest BCUT2D eigenvalue weighted by atomic mass is 9.77. The van der Waals surface area contributed by atoms with Crippen LogP contribution in [0.5, 0.6) is 0 Å². The van der Waals surface area contributed by atoms with E-state index >= 15 is 0 Å². The van der Waals surface area contributed by atoms with Crippen molar-refractivity contribution in [3.05, 3.63) is 150 Å². The van der Waals surface area contributed by atoms with Crippen LogP contribution in [-0.4, -0.2) is 4.98 Å². The van der Waals surface area contributed by atoms with Crippen molar-refractivity contribution in [2.75, 3.05) is 0 Å². The van der Waals surface area contributed by atoms with E-state index < -0.39 is 0 Å². The fourth-order valence-corrected chi connectivity index (χ4v) is 6.66. The standard InChI is InChI=1S/C51H57N/c1-48(2,3)42-25-36(23-38(27-42)40-29-44(50(7,8)9)33-45(30-40)51(10,11)12)37-24-39(28-43(26-37)49(4,5)6)41-31-46(34-19-15-13-16-20-34)52-47(32-41)35-21-17-14-18-22-35/h13-33H,1-12H3. The Morgan fingerprint density at radius 1 is 0.269 bits per heavy atom. The van der Waals surface area contributed by atoms with Gasteiger partial charge in [-0.05, 0) is 102 Å². The maximum atomic E-state index is 5.18. The molecule has 0 saturated heterocycles. The van der Waals surface area contributed by atoms with E-state index in [4.69, 9.17) is 4.98 Å². The van der Waals surface area contributed by atoms with Gasteiger partial charge in [0.1, 0.15) is 0 Å². The molecule has 1 aromatic heterocycles. The molecule has 0 spiro atoms. The molecular formula is C51H57N. The first-order chi connectivity index (χ1) is 24.3. The summed E-state index contributed by atoms with van der Waals surface area (Å²) in [6.45, 7) is 27.8. The molecule has 6 rings (SSSR count). The van der Waals surface area contributed by atoms with Gasteiger partial charge in [0.25, 0.3) is 0 Å². The van der Waals surface area contributed by atoms with E-state index in [1.54, 1.807) is 0 Å². The first-order valence-corrected chi connectivity index (χ1v) is 18.9. The Morgan fingerprint density at radius 2 is 0.519 bits per heavy atom. The predicted molar refractivity (Wildman–Crippen MR) is 226 cm³/mol. The van der Waals surface area contributed by atoms with Crippen molar-refractivity contribution in [1.29, 1.82) is 0 Å². The molecule has 0 aliphatic rings. The van der Waals surface area contributed by atoms with E-state index in [-0.39, 0.29) is 21.7 Å². The lowest BCUT2D eigenvalue weighted by molar-refractivity contribution is 0.569. The smallest absolute Gasteiger partial charge is 0.0715 e. The van der Waals surface area contributed by atoms with Gasteiger partial charge in [-0.15, -0.1) is 0 Å². The van der Waals surface area contributed by atoms with Crippen molar-refractivity contribution >= 4 is 0 Å². The van der Waals surface area contributed by atoms with Crippen LogP contribution in [0.2, 0.25) is 0 Å². The van der Waals surface area contributed by atoms with Crippen molar-refractivity contribution in [2.45, 2.75) is 105 Å². The Morgan fingerprint density at radius 3 is 0.808 bits per heavy atom. The second kappa shape index (κ2) is 13.7. The molecule has 1 nitrogen and oxygen atoms in total. The summed E-state index contributed by atoms with van der Waals surface area (Å²) in [6, 6.07) is 47.3. The monoisotopic (exact) mass is 683 g/mol. The predicted octanol–water partition coefficient (Wildman–Crippen LogP) is 14.6. The average Bonchev–Trinajstić information content (AvgIpc) is 3.10. The molecule has 6 aromatic rings. The zero-order valence-electron chi connectivity index (χ0n) is 33.6. The van der Waals surface area contributed by atoms with Crippen LogP contribution >= 0.6 is 0 Å². The van der Waals surface area contributed by atoms with E-state index in [1.165, 1.54) is 55.6 Å². The van der Waals surface area contributed by atoms with Gasteiger partial charge >= 0.3 is 0 Å². The molecule has 1 heteroatoms. The van der Waals surface area contributed by atoms with Crippen molar-refractivity contribution < 1.29 is 0 Å². The molecular weight excluding hydrogens is 627 g/mol. The molecule has 52 heavy (non-hydrogen) atoms. The summed E-state index contributed by atoms with van der Waals surface area (Å²) in [4.78, 5) is 5.18. The fraction of sp³-hybridized carbons (Fsp3) is 0.314. The van der Waals surface area contributed by atoms with Gasteiger partial charge < -0.3 is 0 Å². The van der Waals surface area contributed by atoms with E-state index in [0.717, 1.165) is 22.5 Å². The highest BCUT2D eigenvalue weighted by atomic mass is 14.7. The highest BCUT2D eigenvalue weighted by molar-refractivity contribution is 5.82. The third-order valence-corrected chi connectivity index (χ3v) is 10.2. The minimum absolute atomic E-state index is 0.0238.